The molecule has 0 aromatic heterocycles. The maximum Gasteiger partial charge on any atom is 0.123 e. The molecule has 1 aromatic rings. The molecule has 0 heterocycles. The minimum Gasteiger partial charge on any atom is -0.207 e. The van der Waals surface area contributed by atoms with E-state index in [2.05, 4.69) is 15.9 Å². The van der Waals surface area contributed by atoms with E-state index < -0.39 is 0 Å². The molecule has 0 aliphatic rings. The first-order valence-electron chi connectivity index (χ1n) is 2.20. The summed E-state index contributed by atoms with van der Waals surface area (Å²) in [6.45, 7) is 0. The van der Waals surface area contributed by atoms with Crippen molar-refractivity contribution < 1.29 is 4.39 Å². The molecule has 48 valence electrons. The molecule has 0 N–H and O–H groups in total. The SMILES string of the molecule is B.Fc1ccc(Br)cc1. The second kappa shape index (κ2) is 3.67. The van der Waals surface area contributed by atoms with Crippen LogP contribution in [0.5, 0.6) is 0 Å². The smallest absolute Gasteiger partial charge is 0.123 e. The van der Waals surface area contributed by atoms with Gasteiger partial charge in [-0.15, -0.1) is 0 Å². The van der Waals surface area contributed by atoms with E-state index in [9.17, 15) is 4.39 Å². The van der Waals surface area contributed by atoms with Crippen LogP contribution in [0.4, 0.5) is 4.39 Å². The standard InChI is InChI=1S/C6H4BrF.BH3/c7-5-1-3-6(8)4-2-5;/h1-4H;1H3. The predicted octanol–water partition coefficient (Wildman–Crippen LogP) is 1.40. The number of hydrogen-bond acceptors (Lipinski definition) is 0. The highest BCUT2D eigenvalue weighted by Crippen LogP contribution is 2.08. The Kier molecular flexibility index (Phi) is 3.55. The topological polar surface area (TPSA) is 0 Å². The summed E-state index contributed by atoms with van der Waals surface area (Å²) in [7, 11) is 0. The lowest BCUT2D eigenvalue weighted by atomic mass is 10.4. The summed E-state index contributed by atoms with van der Waals surface area (Å²) in [6.07, 6.45) is 0. The highest BCUT2D eigenvalue weighted by Gasteiger charge is 1.84. The predicted molar refractivity (Wildman–Crippen MR) is 44.0 cm³/mol. The lowest BCUT2D eigenvalue weighted by molar-refractivity contribution is 0.627. The molecule has 1 rings (SSSR count). The number of halogens is 2. The lowest BCUT2D eigenvalue weighted by Gasteiger charge is -1.85. The first kappa shape index (κ1) is 8.69. The molecule has 0 spiro atoms. The van der Waals surface area contributed by atoms with Crippen LogP contribution in [0.25, 0.3) is 0 Å². The molecule has 1 aromatic carbocycles. The van der Waals surface area contributed by atoms with Crippen molar-refractivity contribution in [3.63, 3.8) is 0 Å². The van der Waals surface area contributed by atoms with Crippen LogP contribution in [-0.2, 0) is 0 Å². The quantitative estimate of drug-likeness (QED) is 0.541. The first-order chi connectivity index (χ1) is 3.79. The summed E-state index contributed by atoms with van der Waals surface area (Å²) >= 11 is 3.18. The summed E-state index contributed by atoms with van der Waals surface area (Å²) in [5.74, 6) is -0.201. The fourth-order valence-corrected chi connectivity index (χ4v) is 0.694. The number of benzene rings is 1. The summed E-state index contributed by atoms with van der Waals surface area (Å²) in [5.41, 5.74) is 0. The normalized spacial score (nSPS) is 8.22. The average Bonchev–Trinajstić information content (AvgIpc) is 1.77. The number of rotatable bonds is 0. The third-order valence-corrected chi connectivity index (χ3v) is 1.33. The van der Waals surface area contributed by atoms with Crippen molar-refractivity contribution in [2.24, 2.45) is 0 Å². The third kappa shape index (κ3) is 2.66. The molecule has 0 nitrogen and oxygen atoms in total. The molecule has 0 unspecified atom stereocenters. The summed E-state index contributed by atoms with van der Waals surface area (Å²) in [6, 6.07) is 6.14. The van der Waals surface area contributed by atoms with Gasteiger partial charge in [-0.25, -0.2) is 4.39 Å². The zero-order valence-electron chi connectivity index (χ0n) is 4.07. The Hall–Kier alpha value is -0.305. The Morgan fingerprint density at radius 1 is 1.11 bits per heavy atom. The largest absolute Gasteiger partial charge is 0.207 e. The molecule has 0 saturated heterocycles. The van der Waals surface area contributed by atoms with Crippen LogP contribution in [-0.4, -0.2) is 8.41 Å². The van der Waals surface area contributed by atoms with Gasteiger partial charge in [-0.3, -0.25) is 0 Å². The van der Waals surface area contributed by atoms with Crippen molar-refractivity contribution in [1.82, 2.24) is 0 Å². The molecule has 0 aliphatic carbocycles. The van der Waals surface area contributed by atoms with Crippen molar-refractivity contribution in [1.29, 1.82) is 0 Å². The molecule has 0 bridgehead atoms. The van der Waals surface area contributed by atoms with Crippen LogP contribution in [0.15, 0.2) is 28.7 Å². The van der Waals surface area contributed by atoms with E-state index in [1.807, 2.05) is 0 Å². The zero-order valence-corrected chi connectivity index (χ0v) is 5.65. The van der Waals surface area contributed by atoms with E-state index in [1.54, 1.807) is 12.1 Å². The van der Waals surface area contributed by atoms with Gasteiger partial charge in [0.05, 0.1) is 8.41 Å². The minimum atomic E-state index is -0.201. The maximum absolute atomic E-state index is 12.1. The van der Waals surface area contributed by atoms with Gasteiger partial charge in [-0.05, 0) is 24.3 Å². The highest BCUT2D eigenvalue weighted by molar-refractivity contribution is 9.10. The Balaban J connectivity index is 0.000000640. The average molecular weight is 189 g/mol. The van der Waals surface area contributed by atoms with Gasteiger partial charge in [0.15, 0.2) is 0 Å². The zero-order chi connectivity index (χ0) is 5.98. The van der Waals surface area contributed by atoms with E-state index in [4.69, 9.17) is 0 Å². The molecule has 9 heavy (non-hydrogen) atoms. The third-order valence-electron chi connectivity index (χ3n) is 0.804. The van der Waals surface area contributed by atoms with Crippen LogP contribution in [0.2, 0.25) is 0 Å². The molecule has 0 fully saturated rings. The molecular weight excluding hydrogens is 182 g/mol. The van der Waals surface area contributed by atoms with E-state index in [0.717, 1.165) is 4.47 Å². The van der Waals surface area contributed by atoms with Gasteiger partial charge in [-0.2, -0.15) is 0 Å². The van der Waals surface area contributed by atoms with Crippen LogP contribution in [0.1, 0.15) is 0 Å². The van der Waals surface area contributed by atoms with E-state index in [-0.39, 0.29) is 14.2 Å². The molecule has 0 atom stereocenters. The minimum absolute atomic E-state index is 0. The van der Waals surface area contributed by atoms with Crippen molar-refractivity contribution in [3.8, 4) is 0 Å². The monoisotopic (exact) mass is 188 g/mol. The van der Waals surface area contributed by atoms with Crippen LogP contribution < -0.4 is 0 Å². The van der Waals surface area contributed by atoms with Gasteiger partial charge in [0.1, 0.15) is 5.82 Å². The van der Waals surface area contributed by atoms with Gasteiger partial charge in [-0.1, -0.05) is 15.9 Å². The van der Waals surface area contributed by atoms with Crippen molar-refractivity contribution >= 4 is 24.3 Å². The lowest BCUT2D eigenvalue weighted by Crippen LogP contribution is -1.67. The van der Waals surface area contributed by atoms with Gasteiger partial charge >= 0.3 is 0 Å². The van der Waals surface area contributed by atoms with E-state index in [1.165, 1.54) is 12.1 Å². The second-order valence-corrected chi connectivity index (χ2v) is 2.35. The fourth-order valence-electron chi connectivity index (χ4n) is 0.430. The first-order valence-corrected chi connectivity index (χ1v) is 2.99. The molecule has 0 radical (unpaired) electrons. The summed E-state index contributed by atoms with van der Waals surface area (Å²) in [4.78, 5) is 0. The van der Waals surface area contributed by atoms with Crippen molar-refractivity contribution in [2.75, 3.05) is 0 Å². The van der Waals surface area contributed by atoms with Gasteiger partial charge in [0.2, 0.25) is 0 Å². The van der Waals surface area contributed by atoms with Crippen molar-refractivity contribution in [2.45, 2.75) is 0 Å². The van der Waals surface area contributed by atoms with Crippen LogP contribution >= 0.6 is 15.9 Å². The Labute approximate surface area is 63.8 Å². The van der Waals surface area contributed by atoms with Gasteiger partial charge in [0, 0.05) is 4.47 Å². The second-order valence-electron chi connectivity index (χ2n) is 1.44. The van der Waals surface area contributed by atoms with E-state index in [0.29, 0.717) is 0 Å². The fraction of sp³-hybridized carbons (Fsp3) is 0. The van der Waals surface area contributed by atoms with Gasteiger partial charge in [0.25, 0.3) is 0 Å². The Bertz CT molecular complexity index is 152. The Morgan fingerprint density at radius 2 is 1.56 bits per heavy atom. The molecule has 0 saturated carbocycles. The molecule has 3 heteroatoms. The van der Waals surface area contributed by atoms with Crippen LogP contribution in [0, 0.1) is 5.82 Å². The molecular formula is C6H7BBrF. The van der Waals surface area contributed by atoms with Crippen LogP contribution in [0.3, 0.4) is 0 Å². The van der Waals surface area contributed by atoms with Gasteiger partial charge < -0.3 is 0 Å². The summed E-state index contributed by atoms with van der Waals surface area (Å²) in [5, 5.41) is 0. The molecule has 0 amide bonds. The van der Waals surface area contributed by atoms with E-state index >= 15 is 0 Å². The van der Waals surface area contributed by atoms with Crippen molar-refractivity contribution in [3.05, 3.63) is 34.6 Å². The summed E-state index contributed by atoms with van der Waals surface area (Å²) < 4.78 is 13.0. The number of hydrogen-bond donors (Lipinski definition) is 0. The Morgan fingerprint density at radius 3 is 1.89 bits per heavy atom. The highest BCUT2D eigenvalue weighted by atomic mass is 79.9. The molecule has 0 aliphatic heterocycles. The maximum atomic E-state index is 12.1.